The van der Waals surface area contributed by atoms with Gasteiger partial charge in [0.25, 0.3) is 0 Å². The lowest BCUT2D eigenvalue weighted by atomic mass is 10.1. The molecule has 11 heavy (non-hydrogen) atoms. The monoisotopic (exact) mass is 160 g/mol. The van der Waals surface area contributed by atoms with Crippen LogP contribution in [-0.2, 0) is 14.2 Å². The van der Waals surface area contributed by atoms with Gasteiger partial charge in [-0.15, -0.1) is 0 Å². The third-order valence-electron chi connectivity index (χ3n) is 2.03. The minimum atomic E-state index is -0.0799. The van der Waals surface area contributed by atoms with Gasteiger partial charge in [0.2, 0.25) is 0 Å². The molecule has 0 aromatic heterocycles. The van der Waals surface area contributed by atoms with Crippen molar-refractivity contribution in [1.29, 1.82) is 0 Å². The van der Waals surface area contributed by atoms with Crippen LogP contribution in [-0.4, -0.2) is 32.7 Å². The average molecular weight is 160 g/mol. The number of rotatable bonds is 2. The first-order valence-electron chi connectivity index (χ1n) is 3.97. The Morgan fingerprint density at radius 2 is 1.91 bits per heavy atom. The summed E-state index contributed by atoms with van der Waals surface area (Å²) in [5.74, 6) is 0. The van der Waals surface area contributed by atoms with Crippen LogP contribution in [0.1, 0.15) is 19.8 Å². The molecule has 0 aliphatic carbocycles. The third kappa shape index (κ3) is 2.43. The average Bonchev–Trinajstić information content (AvgIpc) is 2.03. The Bertz CT molecular complexity index is 104. The Morgan fingerprint density at radius 3 is 2.45 bits per heavy atom. The summed E-state index contributed by atoms with van der Waals surface area (Å²) in [4.78, 5) is 0. The third-order valence-corrected chi connectivity index (χ3v) is 2.03. The smallest absolute Gasteiger partial charge is 0.160 e. The number of hydrogen-bond donors (Lipinski definition) is 0. The molecule has 0 aromatic carbocycles. The Balaban J connectivity index is 2.37. The fraction of sp³-hybridized carbons (Fsp3) is 1.00. The molecular weight excluding hydrogens is 144 g/mol. The molecule has 0 amide bonds. The predicted molar refractivity (Wildman–Crippen MR) is 41.4 cm³/mol. The number of methoxy groups -OCH3 is 2. The van der Waals surface area contributed by atoms with Gasteiger partial charge in [0, 0.05) is 20.6 Å². The molecule has 0 bridgehead atoms. The summed E-state index contributed by atoms with van der Waals surface area (Å²) in [6, 6.07) is 0. The Hall–Kier alpha value is -0.120. The van der Waals surface area contributed by atoms with E-state index in [4.69, 9.17) is 14.2 Å². The first-order valence-corrected chi connectivity index (χ1v) is 3.97. The normalized spacial score (nSPS) is 39.0. The lowest BCUT2D eigenvalue weighted by Crippen LogP contribution is -2.35. The van der Waals surface area contributed by atoms with Crippen LogP contribution in [0.2, 0.25) is 0 Å². The molecular formula is C8H16O3. The molecule has 1 saturated heterocycles. The molecule has 0 radical (unpaired) electrons. The molecule has 0 saturated carbocycles. The molecule has 0 N–H and O–H groups in total. The van der Waals surface area contributed by atoms with Crippen LogP contribution in [0.4, 0.5) is 0 Å². The van der Waals surface area contributed by atoms with Crippen molar-refractivity contribution < 1.29 is 14.2 Å². The van der Waals surface area contributed by atoms with Crippen molar-refractivity contribution in [2.24, 2.45) is 0 Å². The second-order valence-electron chi connectivity index (χ2n) is 2.94. The van der Waals surface area contributed by atoms with Gasteiger partial charge in [-0.05, 0) is 13.3 Å². The zero-order valence-corrected chi connectivity index (χ0v) is 7.37. The quantitative estimate of drug-likeness (QED) is 0.607. The molecule has 0 aromatic rings. The Labute approximate surface area is 67.6 Å². The summed E-state index contributed by atoms with van der Waals surface area (Å²) in [5.41, 5.74) is 0. The van der Waals surface area contributed by atoms with Gasteiger partial charge in [-0.3, -0.25) is 0 Å². The molecule has 66 valence electrons. The molecule has 2 unspecified atom stereocenters. The highest BCUT2D eigenvalue weighted by Gasteiger charge is 2.26. The highest BCUT2D eigenvalue weighted by Crippen LogP contribution is 2.21. The van der Waals surface area contributed by atoms with Crippen molar-refractivity contribution in [3.8, 4) is 0 Å². The van der Waals surface area contributed by atoms with Gasteiger partial charge in [0.1, 0.15) is 0 Å². The molecule has 0 spiro atoms. The summed E-state index contributed by atoms with van der Waals surface area (Å²) in [5, 5.41) is 0. The van der Waals surface area contributed by atoms with Crippen LogP contribution in [0, 0.1) is 0 Å². The lowest BCUT2D eigenvalue weighted by Gasteiger charge is -2.31. The van der Waals surface area contributed by atoms with E-state index < -0.39 is 0 Å². The van der Waals surface area contributed by atoms with Crippen molar-refractivity contribution in [3.05, 3.63) is 0 Å². The summed E-state index contributed by atoms with van der Waals surface area (Å²) in [6.45, 7) is 2.04. The summed E-state index contributed by atoms with van der Waals surface area (Å²) in [7, 11) is 3.39. The van der Waals surface area contributed by atoms with E-state index >= 15 is 0 Å². The van der Waals surface area contributed by atoms with Gasteiger partial charge in [0.15, 0.2) is 6.29 Å². The molecule has 3 nitrogen and oxygen atoms in total. The molecule has 3 heteroatoms. The zero-order chi connectivity index (χ0) is 8.27. The van der Waals surface area contributed by atoms with Gasteiger partial charge >= 0.3 is 0 Å². The fourth-order valence-corrected chi connectivity index (χ4v) is 1.40. The summed E-state index contributed by atoms with van der Waals surface area (Å²) < 4.78 is 15.8. The molecule has 1 heterocycles. The van der Waals surface area contributed by atoms with Gasteiger partial charge in [0.05, 0.1) is 12.2 Å². The van der Waals surface area contributed by atoms with Crippen molar-refractivity contribution in [1.82, 2.24) is 0 Å². The standard InChI is InChI=1S/C8H16O3/c1-6-4-7(9-2)5-8(10-3)11-6/h6-8H,4-5H2,1-3H3/t6?,7?,8-/m1/s1. The highest BCUT2D eigenvalue weighted by atomic mass is 16.7. The highest BCUT2D eigenvalue weighted by molar-refractivity contribution is 4.70. The maximum Gasteiger partial charge on any atom is 0.160 e. The van der Waals surface area contributed by atoms with Crippen molar-refractivity contribution in [2.45, 2.75) is 38.3 Å². The molecule has 1 aliphatic heterocycles. The summed E-state index contributed by atoms with van der Waals surface area (Å²) >= 11 is 0. The maximum absolute atomic E-state index is 5.47. The van der Waals surface area contributed by atoms with Crippen molar-refractivity contribution >= 4 is 0 Å². The minimum absolute atomic E-state index is 0.0799. The van der Waals surface area contributed by atoms with Gasteiger partial charge in [-0.1, -0.05) is 0 Å². The second kappa shape index (κ2) is 4.04. The van der Waals surface area contributed by atoms with E-state index in [0.29, 0.717) is 6.10 Å². The lowest BCUT2D eigenvalue weighted by molar-refractivity contribution is -0.202. The number of hydrogen-bond acceptors (Lipinski definition) is 3. The predicted octanol–water partition coefficient (Wildman–Crippen LogP) is 1.17. The van der Waals surface area contributed by atoms with E-state index in [0.717, 1.165) is 12.8 Å². The van der Waals surface area contributed by atoms with Gasteiger partial charge in [-0.2, -0.15) is 0 Å². The number of ether oxygens (including phenoxy) is 3. The molecule has 1 aliphatic rings. The SMILES string of the molecule is COC1CC(C)O[C@@H](OC)C1. The largest absolute Gasteiger partial charge is 0.381 e. The topological polar surface area (TPSA) is 27.7 Å². The van der Waals surface area contributed by atoms with E-state index in [9.17, 15) is 0 Å². The maximum atomic E-state index is 5.47. The van der Waals surface area contributed by atoms with Crippen LogP contribution in [0.15, 0.2) is 0 Å². The van der Waals surface area contributed by atoms with Crippen LogP contribution < -0.4 is 0 Å². The molecule has 1 rings (SSSR count). The first kappa shape index (κ1) is 8.97. The Morgan fingerprint density at radius 1 is 1.18 bits per heavy atom. The van der Waals surface area contributed by atoms with E-state index in [-0.39, 0.29) is 12.4 Å². The van der Waals surface area contributed by atoms with E-state index in [2.05, 4.69) is 0 Å². The summed E-state index contributed by atoms with van der Waals surface area (Å²) in [6.07, 6.45) is 2.28. The first-order chi connectivity index (χ1) is 5.26. The minimum Gasteiger partial charge on any atom is -0.381 e. The second-order valence-corrected chi connectivity index (χ2v) is 2.94. The zero-order valence-electron chi connectivity index (χ0n) is 7.37. The van der Waals surface area contributed by atoms with Gasteiger partial charge in [-0.25, -0.2) is 0 Å². The van der Waals surface area contributed by atoms with Gasteiger partial charge < -0.3 is 14.2 Å². The molecule has 1 fully saturated rings. The Kier molecular flexibility index (Phi) is 3.30. The van der Waals surface area contributed by atoms with Crippen LogP contribution in [0.25, 0.3) is 0 Å². The van der Waals surface area contributed by atoms with Crippen LogP contribution in [0.5, 0.6) is 0 Å². The van der Waals surface area contributed by atoms with Crippen molar-refractivity contribution in [2.75, 3.05) is 14.2 Å². The van der Waals surface area contributed by atoms with Crippen LogP contribution in [0.3, 0.4) is 0 Å². The van der Waals surface area contributed by atoms with E-state index in [1.165, 1.54) is 0 Å². The van der Waals surface area contributed by atoms with Crippen molar-refractivity contribution in [3.63, 3.8) is 0 Å². The van der Waals surface area contributed by atoms with Crippen LogP contribution >= 0.6 is 0 Å². The van der Waals surface area contributed by atoms with E-state index in [1.807, 2.05) is 6.92 Å². The fourth-order valence-electron chi connectivity index (χ4n) is 1.40. The molecule has 3 atom stereocenters. The van der Waals surface area contributed by atoms with E-state index in [1.54, 1.807) is 14.2 Å².